The zero-order valence-electron chi connectivity index (χ0n) is 13.4. The van der Waals surface area contributed by atoms with E-state index in [9.17, 15) is 9.18 Å². The van der Waals surface area contributed by atoms with Gasteiger partial charge < -0.3 is 15.5 Å². The molecule has 0 unspecified atom stereocenters. The lowest BCUT2D eigenvalue weighted by Gasteiger charge is -2.11. The molecule has 0 aliphatic carbocycles. The monoisotopic (exact) mass is 317 g/mol. The van der Waals surface area contributed by atoms with Crippen molar-refractivity contribution in [2.45, 2.75) is 6.92 Å². The summed E-state index contributed by atoms with van der Waals surface area (Å²) in [4.78, 5) is 22.4. The Kier molecular flexibility index (Phi) is 5.59. The van der Waals surface area contributed by atoms with Gasteiger partial charge in [-0.05, 0) is 39.2 Å². The first kappa shape index (κ1) is 16.8. The van der Waals surface area contributed by atoms with Crippen LogP contribution in [0.2, 0.25) is 0 Å². The van der Waals surface area contributed by atoms with Gasteiger partial charge in [-0.1, -0.05) is 12.1 Å². The van der Waals surface area contributed by atoms with Crippen LogP contribution in [0.25, 0.3) is 0 Å². The number of carbonyl (C=O) groups is 1. The molecule has 2 aromatic rings. The molecule has 2 rings (SSSR count). The number of anilines is 2. The number of aromatic nitrogens is 2. The molecular weight excluding hydrogens is 297 g/mol. The summed E-state index contributed by atoms with van der Waals surface area (Å²) in [7, 11) is 3.86. The van der Waals surface area contributed by atoms with Crippen LogP contribution in [0, 0.1) is 12.7 Å². The van der Waals surface area contributed by atoms with Crippen LogP contribution in [-0.2, 0) is 0 Å². The van der Waals surface area contributed by atoms with Gasteiger partial charge in [0, 0.05) is 18.8 Å². The Balaban J connectivity index is 2.12. The van der Waals surface area contributed by atoms with Crippen molar-refractivity contribution in [1.29, 1.82) is 0 Å². The van der Waals surface area contributed by atoms with Gasteiger partial charge in [0.15, 0.2) is 0 Å². The molecule has 1 aromatic heterocycles. The summed E-state index contributed by atoms with van der Waals surface area (Å²) >= 11 is 0. The van der Waals surface area contributed by atoms with Crippen molar-refractivity contribution in [1.82, 2.24) is 20.2 Å². The molecular formula is C16H20FN5O. The topological polar surface area (TPSA) is 70.2 Å². The van der Waals surface area contributed by atoms with Gasteiger partial charge in [0.05, 0.1) is 5.69 Å². The second kappa shape index (κ2) is 7.64. The Morgan fingerprint density at radius 3 is 2.70 bits per heavy atom. The van der Waals surface area contributed by atoms with Crippen LogP contribution < -0.4 is 10.6 Å². The molecule has 1 amide bonds. The normalized spacial score (nSPS) is 10.7. The molecule has 122 valence electrons. The average molecular weight is 317 g/mol. The van der Waals surface area contributed by atoms with E-state index < -0.39 is 5.82 Å². The minimum absolute atomic E-state index is 0.188. The average Bonchev–Trinajstić information content (AvgIpc) is 2.48. The minimum Gasteiger partial charge on any atom is -0.349 e. The molecule has 0 atom stereocenters. The van der Waals surface area contributed by atoms with Crippen LogP contribution in [-0.4, -0.2) is 48.0 Å². The SMILES string of the molecule is Cc1cc(C(=O)NCCN(C)C)nc(Nc2ccccc2F)n1. The van der Waals surface area contributed by atoms with Crippen molar-refractivity contribution in [3.8, 4) is 0 Å². The van der Waals surface area contributed by atoms with Gasteiger partial charge in [0.25, 0.3) is 5.91 Å². The van der Waals surface area contributed by atoms with E-state index >= 15 is 0 Å². The molecule has 0 fully saturated rings. The van der Waals surface area contributed by atoms with Crippen molar-refractivity contribution in [2.75, 3.05) is 32.5 Å². The van der Waals surface area contributed by atoms with Crippen LogP contribution >= 0.6 is 0 Å². The van der Waals surface area contributed by atoms with Gasteiger partial charge in [-0.3, -0.25) is 4.79 Å². The maximum absolute atomic E-state index is 13.7. The highest BCUT2D eigenvalue weighted by Crippen LogP contribution is 2.17. The molecule has 1 heterocycles. The van der Waals surface area contributed by atoms with E-state index in [1.165, 1.54) is 6.07 Å². The van der Waals surface area contributed by atoms with E-state index in [1.807, 2.05) is 19.0 Å². The van der Waals surface area contributed by atoms with E-state index in [1.54, 1.807) is 31.2 Å². The summed E-state index contributed by atoms with van der Waals surface area (Å²) in [5.74, 6) is -0.503. The molecule has 1 aromatic carbocycles. The molecule has 0 saturated carbocycles. The fourth-order valence-corrected chi connectivity index (χ4v) is 1.91. The third-order valence-corrected chi connectivity index (χ3v) is 3.05. The van der Waals surface area contributed by atoms with Crippen molar-refractivity contribution in [3.05, 3.63) is 47.5 Å². The van der Waals surface area contributed by atoms with Gasteiger partial charge in [-0.2, -0.15) is 0 Å². The number of carbonyl (C=O) groups excluding carboxylic acids is 1. The van der Waals surface area contributed by atoms with E-state index in [-0.39, 0.29) is 23.2 Å². The van der Waals surface area contributed by atoms with Crippen LogP contribution in [0.15, 0.2) is 30.3 Å². The number of rotatable bonds is 6. The van der Waals surface area contributed by atoms with Crippen molar-refractivity contribution < 1.29 is 9.18 Å². The number of aryl methyl sites for hydroxylation is 1. The number of likely N-dealkylation sites (N-methyl/N-ethyl adjacent to an activating group) is 1. The molecule has 7 heteroatoms. The first-order valence-electron chi connectivity index (χ1n) is 7.26. The van der Waals surface area contributed by atoms with Gasteiger partial charge in [0.1, 0.15) is 11.5 Å². The summed E-state index contributed by atoms with van der Waals surface area (Å²) in [5, 5.41) is 5.58. The standard InChI is InChI=1S/C16H20FN5O/c1-11-10-14(15(23)18-8-9-22(2)3)21-16(19-11)20-13-7-5-4-6-12(13)17/h4-7,10H,8-9H2,1-3H3,(H,18,23)(H,19,20,21). The number of hydrogen-bond acceptors (Lipinski definition) is 5. The maximum Gasteiger partial charge on any atom is 0.270 e. The minimum atomic E-state index is -0.408. The number of hydrogen-bond donors (Lipinski definition) is 2. The number of benzene rings is 1. The summed E-state index contributed by atoms with van der Waals surface area (Å²) in [5.41, 5.74) is 1.13. The highest BCUT2D eigenvalue weighted by molar-refractivity contribution is 5.92. The Labute approximate surface area is 134 Å². The quantitative estimate of drug-likeness (QED) is 0.852. The summed E-state index contributed by atoms with van der Waals surface area (Å²) in [6.45, 7) is 3.01. The predicted octanol–water partition coefficient (Wildman–Crippen LogP) is 1.96. The largest absolute Gasteiger partial charge is 0.349 e. The van der Waals surface area contributed by atoms with Gasteiger partial charge >= 0.3 is 0 Å². The molecule has 0 spiro atoms. The molecule has 0 radical (unpaired) electrons. The van der Waals surface area contributed by atoms with Crippen LogP contribution in [0.4, 0.5) is 16.0 Å². The van der Waals surface area contributed by atoms with E-state index in [2.05, 4.69) is 20.6 Å². The molecule has 0 aliphatic heterocycles. The first-order chi connectivity index (χ1) is 11.0. The highest BCUT2D eigenvalue weighted by atomic mass is 19.1. The van der Waals surface area contributed by atoms with Crippen molar-refractivity contribution >= 4 is 17.5 Å². The Morgan fingerprint density at radius 1 is 1.26 bits per heavy atom. The lowest BCUT2D eigenvalue weighted by Crippen LogP contribution is -2.32. The molecule has 0 saturated heterocycles. The maximum atomic E-state index is 13.7. The van der Waals surface area contributed by atoms with Crippen LogP contribution in [0.5, 0.6) is 0 Å². The van der Waals surface area contributed by atoms with Crippen molar-refractivity contribution in [2.24, 2.45) is 0 Å². The first-order valence-corrected chi connectivity index (χ1v) is 7.26. The molecule has 2 N–H and O–H groups in total. The molecule has 0 bridgehead atoms. The second-order valence-electron chi connectivity index (χ2n) is 5.38. The van der Waals surface area contributed by atoms with Crippen molar-refractivity contribution in [3.63, 3.8) is 0 Å². The van der Waals surface area contributed by atoms with Gasteiger partial charge in [-0.25, -0.2) is 14.4 Å². The Bertz CT molecular complexity index is 690. The van der Waals surface area contributed by atoms with Gasteiger partial charge in [0.2, 0.25) is 5.95 Å². The molecule has 0 aliphatic rings. The summed E-state index contributed by atoms with van der Waals surface area (Å²) in [6.07, 6.45) is 0. The number of para-hydroxylation sites is 1. The summed E-state index contributed by atoms with van der Waals surface area (Å²) < 4.78 is 13.7. The highest BCUT2D eigenvalue weighted by Gasteiger charge is 2.11. The van der Waals surface area contributed by atoms with E-state index in [4.69, 9.17) is 0 Å². The van der Waals surface area contributed by atoms with Crippen LogP contribution in [0.1, 0.15) is 16.2 Å². The zero-order chi connectivity index (χ0) is 16.8. The van der Waals surface area contributed by atoms with E-state index in [0.29, 0.717) is 12.2 Å². The van der Waals surface area contributed by atoms with Crippen LogP contribution in [0.3, 0.4) is 0 Å². The summed E-state index contributed by atoms with van der Waals surface area (Å²) in [6, 6.07) is 7.82. The number of nitrogens with zero attached hydrogens (tertiary/aromatic N) is 3. The smallest absolute Gasteiger partial charge is 0.270 e. The van der Waals surface area contributed by atoms with Gasteiger partial charge in [-0.15, -0.1) is 0 Å². The number of amides is 1. The van der Waals surface area contributed by atoms with E-state index in [0.717, 1.165) is 6.54 Å². The molecule has 23 heavy (non-hydrogen) atoms. The Morgan fingerprint density at radius 2 is 2.00 bits per heavy atom. The second-order valence-corrected chi connectivity index (χ2v) is 5.38. The lowest BCUT2D eigenvalue weighted by atomic mass is 10.3. The Hall–Kier alpha value is -2.54. The fraction of sp³-hybridized carbons (Fsp3) is 0.312. The molecule has 6 nitrogen and oxygen atoms in total. The third-order valence-electron chi connectivity index (χ3n) is 3.05. The number of nitrogens with one attached hydrogen (secondary N) is 2. The fourth-order valence-electron chi connectivity index (χ4n) is 1.91. The predicted molar refractivity (Wildman–Crippen MR) is 87.3 cm³/mol. The number of halogens is 1. The zero-order valence-corrected chi connectivity index (χ0v) is 13.4. The third kappa shape index (κ3) is 5.00. The lowest BCUT2D eigenvalue weighted by molar-refractivity contribution is 0.0946.